The van der Waals surface area contributed by atoms with E-state index in [-0.39, 0.29) is 17.9 Å². The molecule has 0 unspecified atom stereocenters. The van der Waals surface area contributed by atoms with Crippen molar-refractivity contribution in [1.29, 1.82) is 0 Å². The molecular weight excluding hydrogens is 392 g/mol. The van der Waals surface area contributed by atoms with Crippen molar-refractivity contribution in [3.8, 4) is 5.75 Å². The minimum Gasteiger partial charge on any atom is -0.496 e. The van der Waals surface area contributed by atoms with Gasteiger partial charge in [0.15, 0.2) is 0 Å². The van der Waals surface area contributed by atoms with E-state index in [0.29, 0.717) is 34.5 Å². The van der Waals surface area contributed by atoms with Crippen LogP contribution in [0, 0.1) is 12.8 Å². The van der Waals surface area contributed by atoms with Crippen molar-refractivity contribution in [3.63, 3.8) is 0 Å². The first-order valence-electron chi connectivity index (χ1n) is 9.79. The number of halogens is 1. The molecule has 2 N–H and O–H groups in total. The van der Waals surface area contributed by atoms with Crippen LogP contribution in [0.1, 0.15) is 52.2 Å². The fraction of sp³-hybridized carbons (Fsp3) is 0.476. The van der Waals surface area contributed by atoms with Crippen molar-refractivity contribution in [2.45, 2.75) is 38.6 Å². The molecule has 0 spiro atoms. The Hall–Kier alpha value is -2.54. The van der Waals surface area contributed by atoms with Crippen LogP contribution in [0.3, 0.4) is 0 Å². The van der Waals surface area contributed by atoms with Crippen molar-refractivity contribution in [1.82, 2.24) is 20.2 Å². The Balaban J connectivity index is 1.55. The highest BCUT2D eigenvalue weighted by Gasteiger charge is 2.26. The maximum atomic E-state index is 12.6. The number of amides is 2. The summed E-state index contributed by atoms with van der Waals surface area (Å²) < 4.78 is 7.00. The molecule has 29 heavy (non-hydrogen) atoms. The van der Waals surface area contributed by atoms with Crippen molar-refractivity contribution in [2.24, 2.45) is 13.0 Å². The normalized spacial score (nSPS) is 18.9. The van der Waals surface area contributed by atoms with E-state index in [0.717, 1.165) is 31.4 Å². The molecule has 1 aromatic heterocycles. The van der Waals surface area contributed by atoms with Gasteiger partial charge < -0.3 is 19.9 Å². The third-order valence-electron chi connectivity index (χ3n) is 5.41. The number of carbonyl (C=O) groups is 2. The van der Waals surface area contributed by atoms with Crippen LogP contribution < -0.4 is 15.4 Å². The molecule has 1 heterocycles. The molecule has 1 aliphatic rings. The Labute approximate surface area is 175 Å². The summed E-state index contributed by atoms with van der Waals surface area (Å²) in [6.45, 7) is 2.39. The van der Waals surface area contributed by atoms with Crippen molar-refractivity contribution >= 4 is 23.4 Å². The van der Waals surface area contributed by atoms with E-state index in [9.17, 15) is 9.59 Å². The van der Waals surface area contributed by atoms with Gasteiger partial charge in [-0.15, -0.1) is 0 Å². The number of aromatic nitrogens is 2. The average molecular weight is 419 g/mol. The topological polar surface area (TPSA) is 85.2 Å². The van der Waals surface area contributed by atoms with E-state index in [1.807, 2.05) is 14.0 Å². The van der Waals surface area contributed by atoms with Gasteiger partial charge in [-0.25, -0.2) is 4.98 Å². The van der Waals surface area contributed by atoms with Gasteiger partial charge in [-0.3, -0.25) is 9.59 Å². The smallest absolute Gasteiger partial charge is 0.270 e. The first-order valence-corrected chi connectivity index (χ1v) is 10.2. The molecule has 1 fully saturated rings. The summed E-state index contributed by atoms with van der Waals surface area (Å²) in [5.41, 5.74) is 1.78. The maximum Gasteiger partial charge on any atom is 0.270 e. The zero-order valence-corrected chi connectivity index (χ0v) is 17.8. The van der Waals surface area contributed by atoms with Crippen LogP contribution in [0.15, 0.2) is 24.5 Å². The summed E-state index contributed by atoms with van der Waals surface area (Å²) in [5, 5.41) is 6.64. The third-order valence-corrected chi connectivity index (χ3v) is 5.65. The zero-order chi connectivity index (χ0) is 21.0. The lowest BCUT2D eigenvalue weighted by atomic mass is 9.85. The second kappa shape index (κ2) is 9.31. The van der Waals surface area contributed by atoms with Gasteiger partial charge in [-0.1, -0.05) is 18.0 Å². The zero-order valence-electron chi connectivity index (χ0n) is 17.0. The number of benzene rings is 1. The van der Waals surface area contributed by atoms with Crippen molar-refractivity contribution in [3.05, 3.63) is 46.5 Å². The molecule has 1 aromatic carbocycles. The van der Waals surface area contributed by atoms with Gasteiger partial charge in [0.25, 0.3) is 11.8 Å². The van der Waals surface area contributed by atoms with Crippen LogP contribution in [0.4, 0.5) is 0 Å². The van der Waals surface area contributed by atoms with Gasteiger partial charge in [0.1, 0.15) is 11.4 Å². The summed E-state index contributed by atoms with van der Waals surface area (Å²) in [6, 6.07) is 5.06. The molecule has 2 aromatic rings. The summed E-state index contributed by atoms with van der Waals surface area (Å²) in [4.78, 5) is 29.3. The summed E-state index contributed by atoms with van der Waals surface area (Å²) >= 11 is 5.96. The second-order valence-electron chi connectivity index (χ2n) is 7.55. The van der Waals surface area contributed by atoms with Crippen molar-refractivity contribution < 1.29 is 14.3 Å². The molecule has 156 valence electrons. The summed E-state index contributed by atoms with van der Waals surface area (Å²) in [5.74, 6) is 0.484. The average Bonchev–Trinajstić information content (AvgIpc) is 3.04. The molecule has 2 amide bonds. The second-order valence-corrected chi connectivity index (χ2v) is 7.98. The monoisotopic (exact) mass is 418 g/mol. The molecule has 7 nitrogen and oxygen atoms in total. The number of hydrogen-bond donors (Lipinski definition) is 2. The Kier molecular flexibility index (Phi) is 6.79. The highest BCUT2D eigenvalue weighted by Crippen LogP contribution is 2.26. The van der Waals surface area contributed by atoms with Crippen LogP contribution in [0.2, 0.25) is 5.02 Å². The maximum absolute atomic E-state index is 12.6. The SMILES string of the molecule is COc1cc(Cl)ccc1C(=O)NC[C@@H]1CCC[C@H](NC(=O)c2c(C)ncn2C)C1. The number of carbonyl (C=O) groups excluding carboxylic acids is 2. The lowest BCUT2D eigenvalue weighted by molar-refractivity contribution is 0.0894. The number of methoxy groups -OCH3 is 1. The van der Waals surface area contributed by atoms with E-state index >= 15 is 0 Å². The van der Waals surface area contributed by atoms with E-state index in [2.05, 4.69) is 15.6 Å². The molecule has 3 rings (SSSR count). The van der Waals surface area contributed by atoms with Gasteiger partial charge in [0.05, 0.1) is 24.7 Å². The van der Waals surface area contributed by atoms with E-state index < -0.39 is 0 Å². The molecule has 1 saturated carbocycles. The Morgan fingerprint density at radius 1 is 1.31 bits per heavy atom. The predicted octanol–water partition coefficient (Wildman–Crippen LogP) is 3.11. The Bertz CT molecular complexity index is 877. The molecule has 0 aliphatic heterocycles. The fourth-order valence-corrected chi connectivity index (χ4v) is 4.08. The van der Waals surface area contributed by atoms with Crippen LogP contribution in [-0.2, 0) is 7.05 Å². The predicted molar refractivity (Wildman–Crippen MR) is 111 cm³/mol. The van der Waals surface area contributed by atoms with Crippen LogP contribution >= 0.6 is 11.6 Å². The molecule has 1 aliphatic carbocycles. The highest BCUT2D eigenvalue weighted by atomic mass is 35.5. The minimum absolute atomic E-state index is 0.0944. The Morgan fingerprint density at radius 2 is 2.10 bits per heavy atom. The van der Waals surface area contributed by atoms with E-state index in [1.54, 1.807) is 29.1 Å². The first-order chi connectivity index (χ1) is 13.9. The molecule has 0 radical (unpaired) electrons. The number of nitrogens with zero attached hydrogens (tertiary/aromatic N) is 2. The first kappa shape index (κ1) is 21.2. The molecule has 0 saturated heterocycles. The largest absolute Gasteiger partial charge is 0.496 e. The van der Waals surface area contributed by atoms with E-state index in [4.69, 9.17) is 16.3 Å². The van der Waals surface area contributed by atoms with Crippen molar-refractivity contribution in [2.75, 3.05) is 13.7 Å². The number of rotatable bonds is 6. The molecule has 2 atom stereocenters. The van der Waals surface area contributed by atoms with Crippen LogP contribution in [0.25, 0.3) is 0 Å². The minimum atomic E-state index is -0.185. The van der Waals surface area contributed by atoms with Gasteiger partial charge in [0.2, 0.25) is 0 Å². The van der Waals surface area contributed by atoms with Gasteiger partial charge in [-0.05, 0) is 50.3 Å². The van der Waals surface area contributed by atoms with Crippen LogP contribution in [0.5, 0.6) is 5.75 Å². The number of imidazole rings is 1. The summed E-state index contributed by atoms with van der Waals surface area (Å²) in [6.07, 6.45) is 5.46. The Morgan fingerprint density at radius 3 is 2.79 bits per heavy atom. The molecule has 0 bridgehead atoms. The van der Waals surface area contributed by atoms with Gasteiger partial charge in [0, 0.05) is 24.7 Å². The number of nitrogens with one attached hydrogen (secondary N) is 2. The fourth-order valence-electron chi connectivity index (χ4n) is 3.92. The number of aryl methyl sites for hydroxylation is 2. The quantitative estimate of drug-likeness (QED) is 0.754. The molecular formula is C21H27ClN4O3. The third kappa shape index (κ3) is 5.09. The number of ether oxygens (including phenoxy) is 1. The standard InChI is InChI=1S/C21H27ClN4O3/c1-13-19(26(2)12-24-13)21(28)25-16-6-4-5-14(9-16)11-23-20(27)17-8-7-15(22)10-18(17)29-3/h7-8,10,12,14,16H,4-6,9,11H2,1-3H3,(H,23,27)(H,25,28)/t14-,16+/m1/s1. The number of hydrogen-bond acceptors (Lipinski definition) is 4. The molecule has 8 heteroatoms. The van der Waals surface area contributed by atoms with Gasteiger partial charge >= 0.3 is 0 Å². The van der Waals surface area contributed by atoms with E-state index in [1.165, 1.54) is 7.11 Å². The van der Waals surface area contributed by atoms with Crippen LogP contribution in [-0.4, -0.2) is 41.1 Å². The summed E-state index contributed by atoms with van der Waals surface area (Å²) in [7, 11) is 3.33. The van der Waals surface area contributed by atoms with Gasteiger partial charge in [-0.2, -0.15) is 0 Å². The lowest BCUT2D eigenvalue weighted by Crippen LogP contribution is -2.41. The lowest BCUT2D eigenvalue weighted by Gasteiger charge is -2.30. The highest BCUT2D eigenvalue weighted by molar-refractivity contribution is 6.30.